The maximum atomic E-state index is 5.98. The Kier molecular flexibility index (Phi) is 6.07. The molecule has 4 nitrogen and oxygen atoms in total. The van der Waals surface area contributed by atoms with E-state index in [4.69, 9.17) is 9.15 Å². The van der Waals surface area contributed by atoms with Gasteiger partial charge in [0.2, 0.25) is 0 Å². The number of ether oxygens (including phenoxy) is 1. The van der Waals surface area contributed by atoms with E-state index in [1.165, 1.54) is 12.0 Å². The van der Waals surface area contributed by atoms with Crippen molar-refractivity contribution in [3.63, 3.8) is 0 Å². The Morgan fingerprint density at radius 2 is 2.35 bits per heavy atom. The molecule has 0 bridgehead atoms. The number of nitrogens with zero attached hydrogens (tertiary/aromatic N) is 1. The molecule has 20 heavy (non-hydrogen) atoms. The van der Waals surface area contributed by atoms with Gasteiger partial charge in [-0.2, -0.15) is 0 Å². The summed E-state index contributed by atoms with van der Waals surface area (Å²) in [5, 5.41) is 3.40. The molecule has 1 unspecified atom stereocenters. The molecular weight excluding hydrogens is 252 g/mol. The molecule has 1 fully saturated rings. The van der Waals surface area contributed by atoms with Gasteiger partial charge in [-0.05, 0) is 50.4 Å². The third-order valence-corrected chi connectivity index (χ3v) is 3.94. The average molecular weight is 280 g/mol. The zero-order chi connectivity index (χ0) is 14.4. The van der Waals surface area contributed by atoms with Crippen LogP contribution in [0.15, 0.2) is 10.5 Å². The first kappa shape index (κ1) is 15.5. The van der Waals surface area contributed by atoms with Gasteiger partial charge in [-0.15, -0.1) is 0 Å². The second kappa shape index (κ2) is 7.81. The average Bonchev–Trinajstić information content (AvgIpc) is 2.99. The van der Waals surface area contributed by atoms with Crippen LogP contribution in [0.2, 0.25) is 0 Å². The molecule has 2 heterocycles. The van der Waals surface area contributed by atoms with E-state index in [1.54, 1.807) is 7.11 Å². The molecule has 4 heteroatoms. The lowest BCUT2D eigenvalue weighted by Gasteiger charge is -2.14. The van der Waals surface area contributed by atoms with Crippen LogP contribution in [0.25, 0.3) is 0 Å². The minimum Gasteiger partial charge on any atom is -0.463 e. The largest absolute Gasteiger partial charge is 0.463 e. The first-order chi connectivity index (χ1) is 9.72. The Labute approximate surface area is 122 Å². The second-order valence-corrected chi connectivity index (χ2v) is 5.84. The van der Waals surface area contributed by atoms with Gasteiger partial charge < -0.3 is 14.5 Å². The van der Waals surface area contributed by atoms with Crippen LogP contribution in [-0.4, -0.2) is 38.3 Å². The molecule has 2 rings (SSSR count). The molecule has 1 aliphatic heterocycles. The smallest absolute Gasteiger partial charge is 0.120 e. The Bertz CT molecular complexity index is 403. The van der Waals surface area contributed by atoms with Gasteiger partial charge in [-0.25, -0.2) is 0 Å². The predicted molar refractivity (Wildman–Crippen MR) is 80.7 cm³/mol. The standard InChI is InChI=1S/C16H28N2O2/c1-4-6-17-9-16-13(2)8-15(20-16)11-18-7-5-14(10-18)12-19-3/h8,14,17H,4-7,9-12H2,1-3H3. The fraction of sp³-hybridized carbons (Fsp3) is 0.750. The first-order valence-electron chi connectivity index (χ1n) is 7.73. The second-order valence-electron chi connectivity index (χ2n) is 5.84. The number of furan rings is 1. The fourth-order valence-corrected chi connectivity index (χ4v) is 2.87. The summed E-state index contributed by atoms with van der Waals surface area (Å²) in [7, 11) is 1.79. The third-order valence-electron chi connectivity index (χ3n) is 3.94. The topological polar surface area (TPSA) is 37.6 Å². The molecule has 0 radical (unpaired) electrons. The maximum Gasteiger partial charge on any atom is 0.120 e. The highest BCUT2D eigenvalue weighted by Crippen LogP contribution is 2.21. The summed E-state index contributed by atoms with van der Waals surface area (Å²) in [6, 6.07) is 2.19. The normalized spacial score (nSPS) is 19.9. The number of aryl methyl sites for hydroxylation is 1. The molecule has 0 amide bonds. The SMILES string of the molecule is CCCNCc1oc(CN2CCC(COC)C2)cc1C. The fourth-order valence-electron chi connectivity index (χ4n) is 2.87. The van der Waals surface area contributed by atoms with Crippen LogP contribution in [0.4, 0.5) is 0 Å². The van der Waals surface area contributed by atoms with E-state index >= 15 is 0 Å². The maximum absolute atomic E-state index is 5.98. The number of nitrogens with one attached hydrogen (secondary N) is 1. The summed E-state index contributed by atoms with van der Waals surface area (Å²) < 4.78 is 11.2. The monoisotopic (exact) mass is 280 g/mol. The Hall–Kier alpha value is -0.840. The van der Waals surface area contributed by atoms with E-state index in [0.717, 1.165) is 57.3 Å². The van der Waals surface area contributed by atoms with Crippen LogP contribution in [0.5, 0.6) is 0 Å². The number of likely N-dealkylation sites (tertiary alicyclic amines) is 1. The van der Waals surface area contributed by atoms with Crippen molar-refractivity contribution in [3.8, 4) is 0 Å². The van der Waals surface area contributed by atoms with Crippen molar-refractivity contribution in [1.29, 1.82) is 0 Å². The Morgan fingerprint density at radius 3 is 3.10 bits per heavy atom. The molecular formula is C16H28N2O2. The zero-order valence-corrected chi connectivity index (χ0v) is 13.1. The summed E-state index contributed by atoms with van der Waals surface area (Å²) in [5.74, 6) is 2.86. The quantitative estimate of drug-likeness (QED) is 0.743. The van der Waals surface area contributed by atoms with Gasteiger partial charge in [-0.1, -0.05) is 6.92 Å². The minimum atomic E-state index is 0.682. The zero-order valence-electron chi connectivity index (χ0n) is 13.1. The minimum absolute atomic E-state index is 0.682. The van der Waals surface area contributed by atoms with Crippen LogP contribution < -0.4 is 5.32 Å². The van der Waals surface area contributed by atoms with Crippen molar-refractivity contribution in [2.45, 2.75) is 39.8 Å². The van der Waals surface area contributed by atoms with Crippen molar-refractivity contribution < 1.29 is 9.15 Å². The van der Waals surface area contributed by atoms with Gasteiger partial charge in [0, 0.05) is 13.7 Å². The number of hydrogen-bond acceptors (Lipinski definition) is 4. The van der Waals surface area contributed by atoms with E-state index in [2.05, 4.69) is 30.1 Å². The molecule has 1 N–H and O–H groups in total. The molecule has 1 saturated heterocycles. The molecule has 0 aromatic carbocycles. The molecule has 1 aliphatic rings. The number of hydrogen-bond donors (Lipinski definition) is 1. The van der Waals surface area contributed by atoms with Crippen LogP contribution in [-0.2, 0) is 17.8 Å². The summed E-state index contributed by atoms with van der Waals surface area (Å²) >= 11 is 0. The van der Waals surface area contributed by atoms with Gasteiger partial charge in [-0.3, -0.25) is 4.90 Å². The Balaban J connectivity index is 1.83. The van der Waals surface area contributed by atoms with Gasteiger partial charge in [0.05, 0.1) is 19.7 Å². The van der Waals surface area contributed by atoms with E-state index in [0.29, 0.717) is 5.92 Å². The van der Waals surface area contributed by atoms with Gasteiger partial charge >= 0.3 is 0 Å². The van der Waals surface area contributed by atoms with Crippen LogP contribution in [0, 0.1) is 12.8 Å². The number of methoxy groups -OCH3 is 1. The highest BCUT2D eigenvalue weighted by atomic mass is 16.5. The predicted octanol–water partition coefficient (Wildman–Crippen LogP) is 2.56. The first-order valence-corrected chi connectivity index (χ1v) is 7.73. The van der Waals surface area contributed by atoms with Crippen LogP contribution in [0.1, 0.15) is 36.8 Å². The van der Waals surface area contributed by atoms with Crippen molar-refractivity contribution in [2.75, 3.05) is 33.4 Å². The van der Waals surface area contributed by atoms with Gasteiger partial charge in [0.15, 0.2) is 0 Å². The van der Waals surface area contributed by atoms with E-state index < -0.39 is 0 Å². The van der Waals surface area contributed by atoms with E-state index in [9.17, 15) is 0 Å². The molecule has 114 valence electrons. The van der Waals surface area contributed by atoms with Crippen molar-refractivity contribution >= 4 is 0 Å². The highest BCUT2D eigenvalue weighted by Gasteiger charge is 2.23. The Morgan fingerprint density at radius 1 is 1.50 bits per heavy atom. The summed E-state index contributed by atoms with van der Waals surface area (Å²) in [6.07, 6.45) is 2.39. The third kappa shape index (κ3) is 4.33. The van der Waals surface area contributed by atoms with Crippen molar-refractivity contribution in [2.24, 2.45) is 5.92 Å². The van der Waals surface area contributed by atoms with Crippen molar-refractivity contribution in [3.05, 3.63) is 23.2 Å². The molecule has 0 aliphatic carbocycles. The molecule has 1 aromatic rings. The number of rotatable bonds is 8. The van der Waals surface area contributed by atoms with Crippen molar-refractivity contribution in [1.82, 2.24) is 10.2 Å². The molecule has 1 atom stereocenters. The molecule has 0 spiro atoms. The van der Waals surface area contributed by atoms with Gasteiger partial charge in [0.25, 0.3) is 0 Å². The van der Waals surface area contributed by atoms with Crippen LogP contribution >= 0.6 is 0 Å². The highest BCUT2D eigenvalue weighted by molar-refractivity contribution is 5.20. The molecule has 0 saturated carbocycles. The van der Waals surface area contributed by atoms with E-state index in [-0.39, 0.29) is 0 Å². The summed E-state index contributed by atoms with van der Waals surface area (Å²) in [6.45, 7) is 10.3. The summed E-state index contributed by atoms with van der Waals surface area (Å²) in [5.41, 5.74) is 1.26. The van der Waals surface area contributed by atoms with E-state index in [1.807, 2.05) is 0 Å². The summed E-state index contributed by atoms with van der Waals surface area (Å²) in [4.78, 5) is 2.46. The lowest BCUT2D eigenvalue weighted by atomic mass is 10.1. The lowest BCUT2D eigenvalue weighted by Crippen LogP contribution is -2.21. The van der Waals surface area contributed by atoms with Gasteiger partial charge in [0.1, 0.15) is 11.5 Å². The lowest BCUT2D eigenvalue weighted by molar-refractivity contribution is 0.151. The molecule has 1 aromatic heterocycles. The van der Waals surface area contributed by atoms with Crippen LogP contribution in [0.3, 0.4) is 0 Å².